The first-order valence-corrected chi connectivity index (χ1v) is 8.60. The van der Waals surface area contributed by atoms with Crippen LogP contribution in [-0.2, 0) is 17.8 Å². The molecule has 1 heterocycles. The third kappa shape index (κ3) is 4.13. The third-order valence-corrected chi connectivity index (χ3v) is 4.32. The fourth-order valence-corrected chi connectivity index (χ4v) is 2.85. The first kappa shape index (κ1) is 16.9. The number of rotatable bonds is 5. The smallest absolute Gasteiger partial charge is 0.290 e. The van der Waals surface area contributed by atoms with Gasteiger partial charge in [-0.25, -0.2) is 0 Å². The number of hydrogen-bond donors (Lipinski definition) is 1. The number of aromatic nitrogens is 1. The van der Waals surface area contributed by atoms with Crippen LogP contribution in [0.25, 0.3) is 11.1 Å². The summed E-state index contributed by atoms with van der Waals surface area (Å²) in [6.07, 6.45) is 3.01. The van der Waals surface area contributed by atoms with Crippen LogP contribution in [0.1, 0.15) is 18.2 Å². The van der Waals surface area contributed by atoms with Crippen molar-refractivity contribution in [2.45, 2.75) is 26.8 Å². The molecule has 2 aromatic carbocycles. The van der Waals surface area contributed by atoms with Gasteiger partial charge in [-0.1, -0.05) is 55.5 Å². The second kappa shape index (κ2) is 7.75. The Hall–Kier alpha value is -2.94. The van der Waals surface area contributed by atoms with Gasteiger partial charge >= 0.3 is 0 Å². The number of nitrogens with zero attached hydrogens (tertiary/aromatic N) is 1. The topological polar surface area (TPSA) is 33.0 Å². The first-order valence-electron chi connectivity index (χ1n) is 8.60. The lowest BCUT2D eigenvalue weighted by Gasteiger charge is -2.11. The molecule has 1 aromatic heterocycles. The summed E-state index contributed by atoms with van der Waals surface area (Å²) in [4.78, 5) is 12.6. The highest BCUT2D eigenvalue weighted by Crippen LogP contribution is 2.27. The van der Waals surface area contributed by atoms with Crippen molar-refractivity contribution in [1.82, 2.24) is 0 Å². The van der Waals surface area contributed by atoms with Crippen LogP contribution in [0.15, 0.2) is 72.9 Å². The number of carbonyl (C=O) groups is 1. The van der Waals surface area contributed by atoms with Crippen LogP contribution >= 0.6 is 0 Å². The quantitative estimate of drug-likeness (QED) is 0.700. The van der Waals surface area contributed by atoms with Crippen molar-refractivity contribution in [2.75, 3.05) is 5.32 Å². The first-order chi connectivity index (χ1) is 12.2. The molecule has 0 unspecified atom stereocenters. The maximum atomic E-state index is 12.6. The van der Waals surface area contributed by atoms with E-state index in [2.05, 4.69) is 42.7 Å². The second-order valence-corrected chi connectivity index (χ2v) is 6.12. The summed E-state index contributed by atoms with van der Waals surface area (Å²) in [6.45, 7) is 4.44. The molecule has 0 saturated carbocycles. The van der Waals surface area contributed by atoms with E-state index < -0.39 is 0 Å². The summed E-state index contributed by atoms with van der Waals surface area (Å²) in [6, 6.07) is 22.2. The fourth-order valence-electron chi connectivity index (χ4n) is 2.85. The highest BCUT2D eigenvalue weighted by molar-refractivity contribution is 5.94. The van der Waals surface area contributed by atoms with Crippen molar-refractivity contribution in [3.05, 3.63) is 84.2 Å². The van der Waals surface area contributed by atoms with E-state index >= 15 is 0 Å². The van der Waals surface area contributed by atoms with Crippen LogP contribution in [0.5, 0.6) is 0 Å². The molecule has 3 heteroatoms. The Morgan fingerprint density at radius 2 is 1.68 bits per heavy atom. The number of amides is 1. The van der Waals surface area contributed by atoms with Crippen LogP contribution in [0.3, 0.4) is 0 Å². The number of benzene rings is 2. The van der Waals surface area contributed by atoms with E-state index in [-0.39, 0.29) is 5.91 Å². The Balaban J connectivity index is 1.81. The van der Waals surface area contributed by atoms with Gasteiger partial charge in [0.25, 0.3) is 5.91 Å². The minimum Gasteiger partial charge on any atom is -0.320 e. The predicted octanol–water partition coefficient (Wildman–Crippen LogP) is 4.15. The Morgan fingerprint density at radius 1 is 0.960 bits per heavy atom. The van der Waals surface area contributed by atoms with Gasteiger partial charge < -0.3 is 5.32 Å². The molecule has 0 radical (unpaired) electrons. The molecule has 0 fully saturated rings. The monoisotopic (exact) mass is 331 g/mol. The second-order valence-electron chi connectivity index (χ2n) is 6.12. The molecular weight excluding hydrogens is 308 g/mol. The van der Waals surface area contributed by atoms with Gasteiger partial charge in [-0.05, 0) is 24.1 Å². The summed E-state index contributed by atoms with van der Waals surface area (Å²) in [5.74, 6) is -0.0234. The SMILES string of the molecule is CCc1ccc(C)[n+](CC(=O)Nc2ccccc2-c2ccccc2)c1. The fraction of sp³-hybridized carbons (Fsp3) is 0.182. The predicted molar refractivity (Wildman–Crippen MR) is 101 cm³/mol. The minimum atomic E-state index is -0.0234. The minimum absolute atomic E-state index is 0.0234. The third-order valence-electron chi connectivity index (χ3n) is 4.32. The normalized spacial score (nSPS) is 10.5. The van der Waals surface area contributed by atoms with E-state index in [9.17, 15) is 4.79 Å². The number of anilines is 1. The molecule has 0 aliphatic carbocycles. The standard InChI is InChI=1S/C22H22N2O/c1-3-18-14-13-17(2)24(15-18)16-22(25)23-21-12-8-7-11-20(21)19-9-5-4-6-10-19/h4-15H,3,16H2,1-2H3/p+1. The molecule has 0 aliphatic rings. The highest BCUT2D eigenvalue weighted by Gasteiger charge is 2.15. The number of hydrogen-bond acceptors (Lipinski definition) is 1. The molecule has 25 heavy (non-hydrogen) atoms. The molecule has 0 bridgehead atoms. The molecule has 126 valence electrons. The number of carbonyl (C=O) groups excluding carboxylic acids is 1. The van der Waals surface area contributed by atoms with Crippen molar-refractivity contribution in [1.29, 1.82) is 0 Å². The van der Waals surface area contributed by atoms with Gasteiger partial charge in [-0.3, -0.25) is 4.79 Å². The lowest BCUT2D eigenvalue weighted by Crippen LogP contribution is -2.43. The number of para-hydroxylation sites is 1. The average Bonchev–Trinajstić information content (AvgIpc) is 2.64. The van der Waals surface area contributed by atoms with Gasteiger partial charge in [0.05, 0.1) is 0 Å². The molecule has 1 amide bonds. The van der Waals surface area contributed by atoms with Gasteiger partial charge in [-0.2, -0.15) is 4.57 Å². The van der Waals surface area contributed by atoms with Crippen LogP contribution in [0.4, 0.5) is 5.69 Å². The van der Waals surface area contributed by atoms with E-state index in [1.807, 2.05) is 54.0 Å². The molecule has 3 rings (SSSR count). The van der Waals surface area contributed by atoms with Crippen LogP contribution < -0.4 is 9.88 Å². The highest BCUT2D eigenvalue weighted by atomic mass is 16.1. The summed E-state index contributed by atoms with van der Waals surface area (Å²) in [5, 5.41) is 3.06. The van der Waals surface area contributed by atoms with Crippen molar-refractivity contribution in [3.8, 4) is 11.1 Å². The zero-order valence-electron chi connectivity index (χ0n) is 14.7. The van der Waals surface area contributed by atoms with Gasteiger partial charge in [-0.15, -0.1) is 0 Å². The van der Waals surface area contributed by atoms with Crippen molar-refractivity contribution >= 4 is 11.6 Å². The summed E-state index contributed by atoms with van der Waals surface area (Å²) in [7, 11) is 0. The molecular formula is C22H23N2O+. The summed E-state index contributed by atoms with van der Waals surface area (Å²) < 4.78 is 2.00. The Labute approximate surface area is 149 Å². The zero-order valence-corrected chi connectivity index (χ0v) is 14.7. The number of nitrogens with one attached hydrogen (secondary N) is 1. The zero-order chi connectivity index (χ0) is 17.6. The van der Waals surface area contributed by atoms with E-state index in [1.54, 1.807) is 0 Å². The van der Waals surface area contributed by atoms with Crippen LogP contribution in [0, 0.1) is 6.92 Å². The lowest BCUT2D eigenvalue weighted by atomic mass is 10.0. The van der Waals surface area contributed by atoms with Crippen molar-refractivity contribution in [2.24, 2.45) is 0 Å². The maximum Gasteiger partial charge on any atom is 0.290 e. The maximum absolute atomic E-state index is 12.6. The lowest BCUT2D eigenvalue weighted by molar-refractivity contribution is -0.690. The van der Waals surface area contributed by atoms with E-state index in [4.69, 9.17) is 0 Å². The van der Waals surface area contributed by atoms with Gasteiger partial charge in [0.1, 0.15) is 0 Å². The van der Waals surface area contributed by atoms with E-state index in [0.717, 1.165) is 28.9 Å². The average molecular weight is 331 g/mol. The van der Waals surface area contributed by atoms with Crippen LogP contribution in [0.2, 0.25) is 0 Å². The van der Waals surface area contributed by atoms with E-state index in [0.29, 0.717) is 6.54 Å². The molecule has 3 aromatic rings. The Morgan fingerprint density at radius 3 is 2.44 bits per heavy atom. The molecule has 0 saturated heterocycles. The van der Waals surface area contributed by atoms with Gasteiger partial charge in [0.2, 0.25) is 6.54 Å². The van der Waals surface area contributed by atoms with E-state index in [1.165, 1.54) is 5.56 Å². The molecule has 1 N–H and O–H groups in total. The summed E-state index contributed by atoms with van der Waals surface area (Å²) in [5.41, 5.74) is 5.26. The molecule has 0 spiro atoms. The Kier molecular flexibility index (Phi) is 5.24. The molecule has 0 atom stereocenters. The van der Waals surface area contributed by atoms with Crippen molar-refractivity contribution < 1.29 is 9.36 Å². The van der Waals surface area contributed by atoms with Gasteiger partial charge in [0, 0.05) is 29.8 Å². The van der Waals surface area contributed by atoms with Crippen molar-refractivity contribution in [3.63, 3.8) is 0 Å². The van der Waals surface area contributed by atoms with Gasteiger partial charge in [0.15, 0.2) is 11.9 Å². The largest absolute Gasteiger partial charge is 0.320 e. The number of pyridine rings is 1. The van der Waals surface area contributed by atoms with Crippen LogP contribution in [-0.4, -0.2) is 5.91 Å². The molecule has 3 nitrogen and oxygen atoms in total. The Bertz CT molecular complexity index is 872. The molecule has 0 aliphatic heterocycles. The number of aryl methyl sites for hydroxylation is 2. The summed E-state index contributed by atoms with van der Waals surface area (Å²) >= 11 is 0.